The minimum absolute atomic E-state index is 0.484. The average Bonchev–Trinajstić information content (AvgIpc) is 2.83. The Kier molecular flexibility index (Phi) is 3.26. The molecule has 0 bridgehead atoms. The lowest BCUT2D eigenvalue weighted by atomic mass is 10.3. The highest BCUT2D eigenvalue weighted by molar-refractivity contribution is 5.39. The second-order valence-electron chi connectivity index (χ2n) is 4.19. The normalized spacial score (nSPS) is 17.4. The van der Waals surface area contributed by atoms with Crippen LogP contribution >= 0.6 is 0 Å². The molecule has 0 atom stereocenters. The largest absolute Gasteiger partial charge is 0.396 e. The van der Waals surface area contributed by atoms with Gasteiger partial charge in [0.25, 0.3) is 0 Å². The van der Waals surface area contributed by atoms with E-state index in [2.05, 4.69) is 5.10 Å². The number of hydrogen-bond acceptors (Lipinski definition) is 3. The van der Waals surface area contributed by atoms with Crippen LogP contribution < -0.4 is 5.73 Å². The summed E-state index contributed by atoms with van der Waals surface area (Å²) in [7, 11) is 0. The zero-order chi connectivity index (χ0) is 10.7. The predicted octanol–water partition coefficient (Wildman–Crippen LogP) is 1.73. The monoisotopic (exact) mass is 209 g/mol. The van der Waals surface area contributed by atoms with E-state index in [9.17, 15) is 0 Å². The van der Waals surface area contributed by atoms with Crippen molar-refractivity contribution in [2.75, 3.05) is 12.3 Å². The van der Waals surface area contributed by atoms with Gasteiger partial charge in [0, 0.05) is 0 Å². The molecule has 4 nitrogen and oxygen atoms in total. The lowest BCUT2D eigenvalue weighted by molar-refractivity contribution is 0.0512. The number of rotatable bonds is 4. The molecule has 1 aliphatic rings. The van der Waals surface area contributed by atoms with Gasteiger partial charge in [0.2, 0.25) is 0 Å². The van der Waals surface area contributed by atoms with E-state index in [0.29, 0.717) is 6.10 Å². The molecule has 0 saturated heterocycles. The van der Waals surface area contributed by atoms with E-state index < -0.39 is 0 Å². The lowest BCUT2D eigenvalue weighted by Gasteiger charge is -2.11. The third kappa shape index (κ3) is 2.50. The summed E-state index contributed by atoms with van der Waals surface area (Å²) in [5.41, 5.74) is 7.50. The second-order valence-corrected chi connectivity index (χ2v) is 4.19. The molecule has 0 aliphatic heterocycles. The zero-order valence-corrected chi connectivity index (χ0v) is 9.28. The minimum Gasteiger partial charge on any atom is -0.396 e. The fraction of sp³-hybridized carbons (Fsp3) is 0.727. The smallest absolute Gasteiger partial charge is 0.0730 e. The van der Waals surface area contributed by atoms with Crippen molar-refractivity contribution < 1.29 is 4.74 Å². The Balaban J connectivity index is 1.75. The van der Waals surface area contributed by atoms with Crippen molar-refractivity contribution in [3.63, 3.8) is 0 Å². The highest BCUT2D eigenvalue weighted by Crippen LogP contribution is 2.20. The van der Waals surface area contributed by atoms with E-state index in [-0.39, 0.29) is 0 Å². The Labute approximate surface area is 90.4 Å². The van der Waals surface area contributed by atoms with Crippen LogP contribution in [0.25, 0.3) is 0 Å². The molecule has 4 heteroatoms. The first-order chi connectivity index (χ1) is 7.27. The maximum atomic E-state index is 5.77. The first-order valence-electron chi connectivity index (χ1n) is 5.67. The van der Waals surface area contributed by atoms with Crippen molar-refractivity contribution in [1.82, 2.24) is 9.78 Å². The van der Waals surface area contributed by atoms with E-state index in [4.69, 9.17) is 10.5 Å². The lowest BCUT2D eigenvalue weighted by Crippen LogP contribution is -2.14. The average molecular weight is 209 g/mol. The standard InChI is InChI=1S/C11H19N3O/c1-9-11(12)8-13-14(9)6-7-15-10-4-2-3-5-10/h8,10H,2-7,12H2,1H3. The fourth-order valence-corrected chi connectivity index (χ4v) is 2.05. The van der Waals surface area contributed by atoms with Crippen molar-refractivity contribution in [1.29, 1.82) is 0 Å². The van der Waals surface area contributed by atoms with E-state index in [1.807, 2.05) is 11.6 Å². The molecule has 1 aromatic heterocycles. The van der Waals surface area contributed by atoms with Gasteiger partial charge < -0.3 is 10.5 Å². The van der Waals surface area contributed by atoms with Gasteiger partial charge in [-0.15, -0.1) is 0 Å². The molecule has 1 fully saturated rings. The van der Waals surface area contributed by atoms with Gasteiger partial charge in [0.1, 0.15) is 0 Å². The molecule has 2 rings (SSSR count). The molecule has 2 N–H and O–H groups in total. The number of aromatic nitrogens is 2. The molecule has 1 saturated carbocycles. The molecule has 0 amide bonds. The van der Waals surface area contributed by atoms with Crippen LogP contribution in [-0.4, -0.2) is 22.5 Å². The molecule has 1 heterocycles. The first kappa shape index (κ1) is 10.5. The Morgan fingerprint density at radius 2 is 2.27 bits per heavy atom. The molecule has 15 heavy (non-hydrogen) atoms. The summed E-state index contributed by atoms with van der Waals surface area (Å²) < 4.78 is 7.68. The van der Waals surface area contributed by atoms with Crippen LogP contribution in [0, 0.1) is 6.92 Å². The molecular weight excluding hydrogens is 190 g/mol. The van der Waals surface area contributed by atoms with E-state index in [1.54, 1.807) is 6.20 Å². The molecule has 0 aromatic carbocycles. The summed E-state index contributed by atoms with van der Waals surface area (Å²) in [5, 5.41) is 4.19. The fourth-order valence-electron chi connectivity index (χ4n) is 2.05. The first-order valence-corrected chi connectivity index (χ1v) is 5.67. The Hall–Kier alpha value is -1.03. The van der Waals surface area contributed by atoms with Crippen LogP contribution in [0.15, 0.2) is 6.20 Å². The molecule has 0 spiro atoms. The van der Waals surface area contributed by atoms with E-state index >= 15 is 0 Å². The summed E-state index contributed by atoms with van der Waals surface area (Å²) in [6.45, 7) is 3.53. The summed E-state index contributed by atoms with van der Waals surface area (Å²) in [6, 6.07) is 0. The van der Waals surface area contributed by atoms with Crippen molar-refractivity contribution in [2.24, 2.45) is 0 Å². The molecular formula is C11H19N3O. The topological polar surface area (TPSA) is 53.1 Å². The number of anilines is 1. The molecule has 1 aliphatic carbocycles. The van der Waals surface area contributed by atoms with Crippen molar-refractivity contribution in [3.8, 4) is 0 Å². The second kappa shape index (κ2) is 4.66. The predicted molar refractivity (Wildman–Crippen MR) is 59.6 cm³/mol. The van der Waals surface area contributed by atoms with Crippen LogP contribution in [0.3, 0.4) is 0 Å². The van der Waals surface area contributed by atoms with Crippen molar-refractivity contribution in [3.05, 3.63) is 11.9 Å². The van der Waals surface area contributed by atoms with Crippen LogP contribution in [0.2, 0.25) is 0 Å². The number of ether oxygens (including phenoxy) is 1. The summed E-state index contributed by atoms with van der Waals surface area (Å²) in [4.78, 5) is 0. The Morgan fingerprint density at radius 1 is 1.53 bits per heavy atom. The third-order valence-corrected chi connectivity index (χ3v) is 3.10. The Morgan fingerprint density at radius 3 is 2.87 bits per heavy atom. The zero-order valence-electron chi connectivity index (χ0n) is 9.28. The number of hydrogen-bond donors (Lipinski definition) is 1. The van der Waals surface area contributed by atoms with Gasteiger partial charge in [-0.3, -0.25) is 4.68 Å². The van der Waals surface area contributed by atoms with E-state index in [1.165, 1.54) is 25.7 Å². The number of nitrogens with two attached hydrogens (primary N) is 1. The summed E-state index contributed by atoms with van der Waals surface area (Å²) in [6.07, 6.45) is 7.26. The van der Waals surface area contributed by atoms with Crippen molar-refractivity contribution >= 4 is 5.69 Å². The number of nitrogens with zero attached hydrogens (tertiary/aromatic N) is 2. The number of nitrogen functional groups attached to an aromatic ring is 1. The highest BCUT2D eigenvalue weighted by Gasteiger charge is 2.15. The van der Waals surface area contributed by atoms with Gasteiger partial charge in [-0.05, 0) is 19.8 Å². The van der Waals surface area contributed by atoms with Gasteiger partial charge >= 0.3 is 0 Å². The highest BCUT2D eigenvalue weighted by atomic mass is 16.5. The van der Waals surface area contributed by atoms with Crippen LogP contribution in [0.1, 0.15) is 31.4 Å². The molecule has 1 aromatic rings. The van der Waals surface area contributed by atoms with Gasteiger partial charge in [-0.1, -0.05) is 12.8 Å². The maximum Gasteiger partial charge on any atom is 0.0730 e. The van der Waals surface area contributed by atoms with Crippen molar-refractivity contribution in [2.45, 2.75) is 45.3 Å². The van der Waals surface area contributed by atoms with Gasteiger partial charge in [0.05, 0.1) is 36.8 Å². The Bertz CT molecular complexity index is 316. The SMILES string of the molecule is Cc1c(N)cnn1CCOC1CCCC1. The summed E-state index contributed by atoms with van der Waals surface area (Å²) in [5.74, 6) is 0. The van der Waals surface area contributed by atoms with Gasteiger partial charge in [0.15, 0.2) is 0 Å². The van der Waals surface area contributed by atoms with Crippen LogP contribution in [0.5, 0.6) is 0 Å². The molecule has 0 radical (unpaired) electrons. The maximum absolute atomic E-state index is 5.77. The quantitative estimate of drug-likeness (QED) is 0.821. The van der Waals surface area contributed by atoms with Gasteiger partial charge in [-0.25, -0.2) is 0 Å². The van der Waals surface area contributed by atoms with Crippen LogP contribution in [0.4, 0.5) is 5.69 Å². The van der Waals surface area contributed by atoms with Crippen LogP contribution in [-0.2, 0) is 11.3 Å². The molecule has 0 unspecified atom stereocenters. The van der Waals surface area contributed by atoms with E-state index in [0.717, 1.165) is 24.5 Å². The van der Waals surface area contributed by atoms with Gasteiger partial charge in [-0.2, -0.15) is 5.10 Å². The third-order valence-electron chi connectivity index (χ3n) is 3.10. The summed E-state index contributed by atoms with van der Waals surface area (Å²) >= 11 is 0. The molecule has 84 valence electrons. The minimum atomic E-state index is 0.484.